The molecule has 1 aliphatic heterocycles. The Hall–Kier alpha value is -2.93. The minimum Gasteiger partial charge on any atom is -0.495 e. The van der Waals surface area contributed by atoms with Gasteiger partial charge >= 0.3 is 12.0 Å². The fourth-order valence-electron chi connectivity index (χ4n) is 2.77. The number of carbonyl (C=O) groups excluding carboxylic acids is 2. The normalized spacial score (nSPS) is 16.8. The van der Waals surface area contributed by atoms with Gasteiger partial charge < -0.3 is 24.5 Å². The zero-order valence-electron chi connectivity index (χ0n) is 14.4. The molecule has 2 amide bonds. The largest absolute Gasteiger partial charge is 0.495 e. The van der Waals surface area contributed by atoms with Gasteiger partial charge in [0.1, 0.15) is 23.3 Å². The Labute approximate surface area is 154 Å². The Morgan fingerprint density at radius 3 is 2.65 bits per heavy atom. The predicted molar refractivity (Wildman–Crippen MR) is 94.8 cm³/mol. The second kappa shape index (κ2) is 7.13. The molecule has 2 heterocycles. The zero-order valence-corrected chi connectivity index (χ0v) is 15.1. The summed E-state index contributed by atoms with van der Waals surface area (Å²) in [6.07, 6.45) is 0. The average molecular weight is 377 g/mol. The number of amides is 2. The lowest BCUT2D eigenvalue weighted by Crippen LogP contribution is -2.45. The van der Waals surface area contributed by atoms with Gasteiger partial charge in [0, 0.05) is 11.3 Å². The molecule has 1 atom stereocenters. The highest BCUT2D eigenvalue weighted by molar-refractivity contribution is 6.32. The Kier molecular flexibility index (Phi) is 4.90. The fraction of sp³-hybridized carbons (Fsp3) is 0.222. The van der Waals surface area contributed by atoms with E-state index in [9.17, 15) is 9.59 Å². The van der Waals surface area contributed by atoms with Crippen LogP contribution in [0.4, 0.5) is 4.79 Å². The van der Waals surface area contributed by atoms with Gasteiger partial charge in [-0.2, -0.15) is 0 Å². The van der Waals surface area contributed by atoms with Gasteiger partial charge in [-0.1, -0.05) is 11.6 Å². The molecule has 26 heavy (non-hydrogen) atoms. The number of methoxy groups -OCH3 is 2. The van der Waals surface area contributed by atoms with Gasteiger partial charge in [-0.05, 0) is 37.3 Å². The van der Waals surface area contributed by atoms with Gasteiger partial charge in [0.15, 0.2) is 0 Å². The Bertz CT molecular complexity index is 903. The number of urea groups is 1. The molecular formula is C18H17ClN2O5. The number of carbonyl (C=O) groups is 2. The van der Waals surface area contributed by atoms with Crippen LogP contribution in [-0.2, 0) is 9.53 Å². The number of nitrogens with one attached hydrogen (secondary N) is 2. The van der Waals surface area contributed by atoms with Gasteiger partial charge in [0.25, 0.3) is 0 Å². The summed E-state index contributed by atoms with van der Waals surface area (Å²) in [5.41, 5.74) is 1.43. The molecule has 0 radical (unpaired) electrons. The fourth-order valence-corrected chi connectivity index (χ4v) is 3.03. The van der Waals surface area contributed by atoms with Gasteiger partial charge in [-0.15, -0.1) is 0 Å². The molecule has 7 nitrogen and oxygen atoms in total. The van der Waals surface area contributed by atoms with Crippen molar-refractivity contribution < 1.29 is 23.5 Å². The lowest BCUT2D eigenvalue weighted by atomic mass is 10.0. The summed E-state index contributed by atoms with van der Waals surface area (Å²) < 4.78 is 15.8. The predicted octanol–water partition coefficient (Wildman–Crippen LogP) is 3.41. The monoisotopic (exact) mass is 376 g/mol. The van der Waals surface area contributed by atoms with Crippen molar-refractivity contribution in [1.82, 2.24) is 10.6 Å². The molecule has 2 N–H and O–H groups in total. The number of hydrogen-bond acceptors (Lipinski definition) is 5. The van der Waals surface area contributed by atoms with Crippen molar-refractivity contribution in [2.24, 2.45) is 0 Å². The standard InChI is InChI=1S/C18H17ClN2O5/c1-9-15(17(22)25-3)16(21-18(23)20-9)14-7-6-12(26-14)10-4-5-13(24-2)11(19)8-10/h4-8,16H,1-3H3,(H2,20,21,23). The molecule has 3 rings (SSSR count). The van der Waals surface area contributed by atoms with Crippen LogP contribution in [0.1, 0.15) is 18.7 Å². The number of hydrogen-bond donors (Lipinski definition) is 2. The maximum Gasteiger partial charge on any atom is 0.338 e. The van der Waals surface area contributed by atoms with E-state index in [0.29, 0.717) is 28.0 Å². The number of ether oxygens (including phenoxy) is 2. The molecule has 1 aromatic carbocycles. The van der Waals surface area contributed by atoms with E-state index in [1.54, 1.807) is 37.3 Å². The number of halogens is 1. The van der Waals surface area contributed by atoms with Gasteiger partial charge in [-0.25, -0.2) is 9.59 Å². The van der Waals surface area contributed by atoms with Crippen molar-refractivity contribution in [1.29, 1.82) is 0 Å². The lowest BCUT2D eigenvalue weighted by molar-refractivity contribution is -0.136. The maximum atomic E-state index is 12.1. The van der Waals surface area contributed by atoms with E-state index in [2.05, 4.69) is 10.6 Å². The molecule has 0 fully saturated rings. The van der Waals surface area contributed by atoms with Gasteiger partial charge in [0.2, 0.25) is 0 Å². The SMILES string of the molecule is COC(=O)C1=C(C)NC(=O)NC1c1ccc(-c2ccc(OC)c(Cl)c2)o1. The van der Waals surface area contributed by atoms with Crippen LogP contribution in [-0.4, -0.2) is 26.2 Å². The molecule has 1 aromatic heterocycles. The van der Waals surface area contributed by atoms with Crippen LogP contribution in [0.2, 0.25) is 5.02 Å². The molecule has 1 unspecified atom stereocenters. The molecule has 0 saturated carbocycles. The van der Waals surface area contributed by atoms with Crippen LogP contribution in [0, 0.1) is 0 Å². The molecule has 0 aliphatic carbocycles. The summed E-state index contributed by atoms with van der Waals surface area (Å²) in [4.78, 5) is 23.9. The Morgan fingerprint density at radius 2 is 2.00 bits per heavy atom. The lowest BCUT2D eigenvalue weighted by Gasteiger charge is -2.26. The quantitative estimate of drug-likeness (QED) is 0.798. The highest BCUT2D eigenvalue weighted by Gasteiger charge is 2.34. The van der Waals surface area contributed by atoms with Crippen molar-refractivity contribution in [3.63, 3.8) is 0 Å². The van der Waals surface area contributed by atoms with Crippen molar-refractivity contribution in [2.45, 2.75) is 13.0 Å². The van der Waals surface area contributed by atoms with E-state index >= 15 is 0 Å². The highest BCUT2D eigenvalue weighted by atomic mass is 35.5. The van der Waals surface area contributed by atoms with E-state index in [1.165, 1.54) is 14.2 Å². The third-order valence-corrected chi connectivity index (χ3v) is 4.32. The minimum absolute atomic E-state index is 0.278. The summed E-state index contributed by atoms with van der Waals surface area (Å²) in [5, 5.41) is 5.68. The van der Waals surface area contributed by atoms with Crippen LogP contribution in [0.25, 0.3) is 11.3 Å². The van der Waals surface area contributed by atoms with E-state index in [1.807, 2.05) is 0 Å². The van der Waals surface area contributed by atoms with Gasteiger partial charge in [-0.3, -0.25) is 0 Å². The summed E-state index contributed by atoms with van der Waals surface area (Å²) in [6, 6.07) is 7.51. The van der Waals surface area contributed by atoms with E-state index in [4.69, 9.17) is 25.5 Å². The van der Waals surface area contributed by atoms with Crippen molar-refractivity contribution in [3.05, 3.63) is 52.4 Å². The van der Waals surface area contributed by atoms with Crippen LogP contribution < -0.4 is 15.4 Å². The number of benzene rings is 1. The average Bonchev–Trinajstić information content (AvgIpc) is 3.10. The van der Waals surface area contributed by atoms with Crippen molar-refractivity contribution in [2.75, 3.05) is 14.2 Å². The first kappa shape index (κ1) is 17.9. The van der Waals surface area contributed by atoms with Crippen molar-refractivity contribution >= 4 is 23.6 Å². The molecular weight excluding hydrogens is 360 g/mol. The minimum atomic E-state index is -0.751. The topological polar surface area (TPSA) is 89.8 Å². The zero-order chi connectivity index (χ0) is 18.8. The Morgan fingerprint density at radius 1 is 1.23 bits per heavy atom. The molecule has 0 saturated heterocycles. The van der Waals surface area contributed by atoms with Crippen LogP contribution in [0.3, 0.4) is 0 Å². The number of esters is 1. The van der Waals surface area contributed by atoms with E-state index < -0.39 is 18.0 Å². The van der Waals surface area contributed by atoms with Crippen LogP contribution in [0.5, 0.6) is 5.75 Å². The molecule has 8 heteroatoms. The van der Waals surface area contributed by atoms with Crippen molar-refractivity contribution in [3.8, 4) is 17.1 Å². The third-order valence-electron chi connectivity index (χ3n) is 4.02. The van der Waals surface area contributed by atoms with Gasteiger partial charge in [0.05, 0.1) is 24.8 Å². The third kappa shape index (κ3) is 3.25. The highest BCUT2D eigenvalue weighted by Crippen LogP contribution is 2.34. The summed E-state index contributed by atoms with van der Waals surface area (Å²) in [5.74, 6) is 0.950. The molecule has 2 aromatic rings. The summed E-state index contributed by atoms with van der Waals surface area (Å²) in [6.45, 7) is 1.63. The maximum absolute atomic E-state index is 12.1. The first-order chi connectivity index (χ1) is 12.4. The second-order valence-corrected chi connectivity index (χ2v) is 6.02. The summed E-state index contributed by atoms with van der Waals surface area (Å²) >= 11 is 6.16. The van der Waals surface area contributed by atoms with Crippen LogP contribution >= 0.6 is 11.6 Å². The second-order valence-electron chi connectivity index (χ2n) is 5.61. The summed E-state index contributed by atoms with van der Waals surface area (Å²) in [7, 11) is 2.82. The Balaban J connectivity index is 1.98. The van der Waals surface area contributed by atoms with Crippen LogP contribution in [0.15, 0.2) is 46.0 Å². The molecule has 0 spiro atoms. The first-order valence-corrected chi connectivity index (χ1v) is 8.12. The number of allylic oxidation sites excluding steroid dienone is 1. The molecule has 136 valence electrons. The smallest absolute Gasteiger partial charge is 0.338 e. The number of furan rings is 1. The molecule has 0 bridgehead atoms. The number of rotatable bonds is 4. The first-order valence-electron chi connectivity index (χ1n) is 7.74. The van der Waals surface area contributed by atoms with E-state index in [0.717, 1.165) is 5.56 Å². The molecule has 1 aliphatic rings. The van der Waals surface area contributed by atoms with E-state index in [-0.39, 0.29) is 5.57 Å².